The summed E-state index contributed by atoms with van der Waals surface area (Å²) < 4.78 is 6.25. The topological polar surface area (TPSA) is 111 Å². The molecule has 9 nitrogen and oxygen atoms in total. The van der Waals surface area contributed by atoms with E-state index in [1.165, 1.54) is 25.7 Å². The summed E-state index contributed by atoms with van der Waals surface area (Å²) in [4.78, 5) is 45.9. The molecule has 2 aromatic carbocycles. The van der Waals surface area contributed by atoms with E-state index in [1.807, 2.05) is 28.3 Å². The minimum absolute atomic E-state index is 0.0347. The van der Waals surface area contributed by atoms with Gasteiger partial charge in [0.15, 0.2) is 0 Å². The fourth-order valence-corrected chi connectivity index (χ4v) is 6.89. The maximum Gasteiger partial charge on any atom is 0.223 e. The summed E-state index contributed by atoms with van der Waals surface area (Å²) in [6, 6.07) is 16.6. The van der Waals surface area contributed by atoms with Gasteiger partial charge in [0.2, 0.25) is 11.8 Å². The molecule has 2 amide bonds. The number of carbonyl (C=O) groups excluding carboxylic acids is 2. The monoisotopic (exact) mass is 630 g/mol. The van der Waals surface area contributed by atoms with E-state index in [2.05, 4.69) is 64.3 Å². The highest BCUT2D eigenvalue weighted by molar-refractivity contribution is 5.87. The predicted molar refractivity (Wildman–Crippen MR) is 181 cm³/mol. The number of fused-ring (bicyclic) bond motifs is 1. The van der Waals surface area contributed by atoms with Crippen LogP contribution in [0.5, 0.6) is 0 Å². The minimum Gasteiger partial charge on any atom is -0.456 e. The Bertz CT molecular complexity index is 1890. The molecule has 8 rings (SSSR count). The fraction of sp³-hybridized carbons (Fsp3) is 0.421. The highest BCUT2D eigenvalue weighted by Gasteiger charge is 2.35. The lowest BCUT2D eigenvalue weighted by Crippen LogP contribution is -2.31. The Hall–Kier alpha value is -4.66. The van der Waals surface area contributed by atoms with E-state index in [1.54, 1.807) is 0 Å². The molecule has 3 aliphatic rings. The van der Waals surface area contributed by atoms with Crippen LogP contribution in [0.2, 0.25) is 0 Å². The average molecular weight is 631 g/mol. The first kappa shape index (κ1) is 29.7. The summed E-state index contributed by atoms with van der Waals surface area (Å²) in [6.07, 6.45) is 12.7. The molecule has 1 atom stereocenters. The molecule has 2 N–H and O–H groups in total. The normalized spacial score (nSPS) is 17.9. The lowest BCUT2D eigenvalue weighted by molar-refractivity contribution is -0.133. The molecule has 1 aliphatic heterocycles. The number of carbonyl (C=O) groups is 2. The van der Waals surface area contributed by atoms with Gasteiger partial charge < -0.3 is 24.2 Å². The van der Waals surface area contributed by atoms with Gasteiger partial charge in [-0.05, 0) is 86.6 Å². The van der Waals surface area contributed by atoms with Crippen molar-refractivity contribution in [3.05, 3.63) is 72.6 Å². The first-order chi connectivity index (χ1) is 23.0. The Morgan fingerprint density at radius 1 is 0.872 bits per heavy atom. The summed E-state index contributed by atoms with van der Waals surface area (Å²) in [6.45, 7) is 4.19. The van der Waals surface area contributed by atoms with Crippen LogP contribution in [0.25, 0.3) is 44.8 Å². The highest BCUT2D eigenvalue weighted by atomic mass is 16.3. The average Bonchev–Trinajstić information content (AvgIpc) is 3.77. The Morgan fingerprint density at radius 3 is 2.38 bits per heavy atom. The molecule has 2 saturated carbocycles. The van der Waals surface area contributed by atoms with Crippen molar-refractivity contribution in [2.24, 2.45) is 11.8 Å². The van der Waals surface area contributed by atoms with Crippen molar-refractivity contribution in [1.29, 1.82) is 0 Å². The van der Waals surface area contributed by atoms with Crippen LogP contribution in [-0.2, 0) is 16.1 Å². The van der Waals surface area contributed by atoms with Gasteiger partial charge in [0.05, 0.1) is 36.4 Å². The second-order valence-corrected chi connectivity index (χ2v) is 13.7. The zero-order chi connectivity index (χ0) is 31.9. The number of H-pyrrole nitrogens is 2. The quantitative estimate of drug-likeness (QED) is 0.146. The summed E-state index contributed by atoms with van der Waals surface area (Å²) in [5.41, 5.74) is 5.76. The molecule has 1 saturated heterocycles. The molecule has 3 aromatic heterocycles. The second-order valence-electron chi connectivity index (χ2n) is 13.7. The number of aromatic amines is 2. The van der Waals surface area contributed by atoms with E-state index in [0.717, 1.165) is 88.8 Å². The summed E-state index contributed by atoms with van der Waals surface area (Å²) in [5.74, 6) is 4.16. The van der Waals surface area contributed by atoms with Crippen LogP contribution in [0.15, 0.2) is 65.3 Å². The van der Waals surface area contributed by atoms with Crippen molar-refractivity contribution in [2.45, 2.75) is 77.3 Å². The van der Waals surface area contributed by atoms with Gasteiger partial charge in [-0.2, -0.15) is 0 Å². The van der Waals surface area contributed by atoms with Crippen molar-refractivity contribution in [3.63, 3.8) is 0 Å². The van der Waals surface area contributed by atoms with E-state index in [9.17, 15) is 9.59 Å². The number of rotatable bonds is 12. The third-order valence-corrected chi connectivity index (χ3v) is 9.93. The van der Waals surface area contributed by atoms with E-state index >= 15 is 0 Å². The van der Waals surface area contributed by atoms with Gasteiger partial charge in [0.1, 0.15) is 23.0 Å². The molecule has 5 aromatic rings. The first-order valence-electron chi connectivity index (χ1n) is 17.3. The first-order valence-corrected chi connectivity index (χ1v) is 17.3. The van der Waals surface area contributed by atoms with Gasteiger partial charge >= 0.3 is 0 Å². The maximum atomic E-state index is 12.9. The van der Waals surface area contributed by atoms with Crippen LogP contribution in [0.1, 0.15) is 82.4 Å². The fourth-order valence-electron chi connectivity index (χ4n) is 6.89. The van der Waals surface area contributed by atoms with Crippen molar-refractivity contribution < 1.29 is 14.0 Å². The molecular formula is C38H42N6O3. The lowest BCUT2D eigenvalue weighted by atomic mass is 10.1. The molecule has 0 bridgehead atoms. The van der Waals surface area contributed by atoms with Crippen LogP contribution in [0, 0.1) is 11.8 Å². The van der Waals surface area contributed by atoms with E-state index < -0.39 is 0 Å². The molecule has 242 valence electrons. The van der Waals surface area contributed by atoms with E-state index in [0.29, 0.717) is 31.2 Å². The molecule has 3 fully saturated rings. The maximum absolute atomic E-state index is 12.9. The Kier molecular flexibility index (Phi) is 7.91. The third kappa shape index (κ3) is 6.48. The molecule has 4 heterocycles. The summed E-state index contributed by atoms with van der Waals surface area (Å²) in [7, 11) is 0. The number of nitrogens with zero attached hydrogens (tertiary/aromatic N) is 4. The van der Waals surface area contributed by atoms with Crippen molar-refractivity contribution >= 4 is 22.8 Å². The zero-order valence-corrected chi connectivity index (χ0v) is 27.0. The highest BCUT2D eigenvalue weighted by Crippen LogP contribution is 2.38. The second kappa shape index (κ2) is 12.5. The smallest absolute Gasteiger partial charge is 0.223 e. The van der Waals surface area contributed by atoms with Crippen molar-refractivity contribution in [1.82, 2.24) is 29.7 Å². The number of nitrogens with one attached hydrogen (secondary N) is 2. The lowest BCUT2D eigenvalue weighted by Gasteiger charge is -2.23. The van der Waals surface area contributed by atoms with Gasteiger partial charge in [-0.1, -0.05) is 31.2 Å². The van der Waals surface area contributed by atoms with Crippen LogP contribution >= 0.6 is 0 Å². The SMILES string of the molecule is CCCN(Cc1ncc(-c2ccc(-c3cc4cc(-c5cnc([C@@H]6CCCN6C(=O)CC6CC6)[nH]5)ccc4o3)cc2)[nH]1)C(=O)CC1CC1. The number of aromatic nitrogens is 4. The molecule has 0 radical (unpaired) electrons. The number of imidazole rings is 2. The van der Waals surface area contributed by atoms with Gasteiger partial charge in [-0.15, -0.1) is 0 Å². The molecule has 47 heavy (non-hydrogen) atoms. The van der Waals surface area contributed by atoms with Gasteiger partial charge in [-0.25, -0.2) is 9.97 Å². The van der Waals surface area contributed by atoms with E-state index in [4.69, 9.17) is 9.40 Å². The van der Waals surface area contributed by atoms with E-state index in [-0.39, 0.29) is 17.9 Å². The Morgan fingerprint density at radius 2 is 1.60 bits per heavy atom. The summed E-state index contributed by atoms with van der Waals surface area (Å²) in [5, 5.41) is 1.02. The standard InChI is InChI=1S/C38H42N6O3/c1-2-15-43(36(45)17-24-5-6-24)23-35-39-21-30(41-35)26-9-11-27(12-10-26)34-20-29-19-28(13-14-33(29)47-34)31-22-40-38(42-31)32-4-3-16-44(32)37(46)18-25-7-8-25/h9-14,19-22,24-25,32H,2-8,15-18,23H2,1H3,(H,39,41)(H,40,42)/t32-/m0/s1. The molecule has 2 aliphatic carbocycles. The van der Waals surface area contributed by atoms with Crippen LogP contribution in [-0.4, -0.2) is 54.6 Å². The number of amides is 2. The molecule has 0 spiro atoms. The number of benzene rings is 2. The zero-order valence-electron chi connectivity index (χ0n) is 27.0. The third-order valence-electron chi connectivity index (χ3n) is 9.93. The van der Waals surface area contributed by atoms with Crippen molar-refractivity contribution in [2.75, 3.05) is 13.1 Å². The molecule has 9 heteroatoms. The number of hydrogen-bond donors (Lipinski definition) is 2. The summed E-state index contributed by atoms with van der Waals surface area (Å²) >= 11 is 0. The minimum atomic E-state index is 0.0347. The van der Waals surface area contributed by atoms with Crippen LogP contribution < -0.4 is 0 Å². The number of hydrogen-bond acceptors (Lipinski definition) is 5. The number of furan rings is 1. The molecule has 0 unspecified atom stereocenters. The van der Waals surface area contributed by atoms with Crippen LogP contribution in [0.4, 0.5) is 0 Å². The van der Waals surface area contributed by atoms with Crippen molar-refractivity contribution in [3.8, 4) is 33.8 Å². The van der Waals surface area contributed by atoms with Crippen LogP contribution in [0.3, 0.4) is 0 Å². The Labute approximate surface area is 274 Å². The van der Waals surface area contributed by atoms with Gasteiger partial charge in [0.25, 0.3) is 0 Å². The Balaban J connectivity index is 0.946. The molecular weight excluding hydrogens is 588 g/mol. The van der Waals surface area contributed by atoms with Gasteiger partial charge in [0, 0.05) is 42.4 Å². The van der Waals surface area contributed by atoms with Gasteiger partial charge in [-0.3, -0.25) is 9.59 Å². The number of likely N-dealkylation sites (tertiary alicyclic amines) is 1. The predicted octanol–water partition coefficient (Wildman–Crippen LogP) is 7.88. The largest absolute Gasteiger partial charge is 0.456 e.